The number of amidine groups is 1. The number of hydrogen-bond donors (Lipinski definition) is 1. The van der Waals surface area contributed by atoms with Crippen molar-refractivity contribution < 1.29 is 0 Å². The van der Waals surface area contributed by atoms with E-state index in [0.717, 1.165) is 12.4 Å². The van der Waals surface area contributed by atoms with E-state index in [0.29, 0.717) is 4.75 Å². The summed E-state index contributed by atoms with van der Waals surface area (Å²) in [6.07, 6.45) is 2.60. The maximum Gasteiger partial charge on any atom is 0.0991 e. The largest absolute Gasteiger partial charge is 0.387 e. The third-order valence-corrected chi connectivity index (χ3v) is 4.18. The van der Waals surface area contributed by atoms with Gasteiger partial charge in [-0.15, -0.1) is 0 Å². The van der Waals surface area contributed by atoms with Gasteiger partial charge in [0.15, 0.2) is 0 Å². The van der Waals surface area contributed by atoms with Gasteiger partial charge in [0.25, 0.3) is 0 Å². The smallest absolute Gasteiger partial charge is 0.0991 e. The minimum atomic E-state index is 0.0135. The van der Waals surface area contributed by atoms with E-state index in [4.69, 9.17) is 5.73 Å². The predicted octanol–water partition coefficient (Wildman–Crippen LogP) is 2.68. The Labute approximate surface area is 91.7 Å². The van der Waals surface area contributed by atoms with Crippen molar-refractivity contribution in [2.75, 3.05) is 12.3 Å². The molecule has 3 heteroatoms. The fraction of sp³-hybridized carbons (Fsp3) is 0.909. The standard InChI is InChI=1S/C11H22N2S/c1-10(2,3)9(12)13-8-11(4)6-5-7-14-11/h5-8H2,1-4H3,(H2,12,13). The molecule has 1 atom stereocenters. The van der Waals surface area contributed by atoms with Crippen LogP contribution in [0.2, 0.25) is 0 Å². The summed E-state index contributed by atoms with van der Waals surface area (Å²) >= 11 is 2.03. The summed E-state index contributed by atoms with van der Waals surface area (Å²) in [7, 11) is 0. The maximum atomic E-state index is 5.93. The Balaban J connectivity index is 2.53. The number of rotatable bonds is 2. The fourth-order valence-electron chi connectivity index (χ4n) is 1.45. The zero-order valence-corrected chi connectivity index (χ0v) is 10.6. The van der Waals surface area contributed by atoms with E-state index < -0.39 is 0 Å². The summed E-state index contributed by atoms with van der Waals surface area (Å²) in [6.45, 7) is 9.49. The van der Waals surface area contributed by atoms with Gasteiger partial charge in [-0.25, -0.2) is 0 Å². The summed E-state index contributed by atoms with van der Waals surface area (Å²) in [5.74, 6) is 2.06. The van der Waals surface area contributed by atoms with Gasteiger partial charge in [-0.3, -0.25) is 4.99 Å². The van der Waals surface area contributed by atoms with Crippen molar-refractivity contribution >= 4 is 17.6 Å². The highest BCUT2D eigenvalue weighted by atomic mass is 32.2. The lowest BCUT2D eigenvalue weighted by Gasteiger charge is -2.23. The Morgan fingerprint density at radius 3 is 2.57 bits per heavy atom. The molecule has 1 heterocycles. The average molecular weight is 214 g/mol. The predicted molar refractivity (Wildman–Crippen MR) is 66.0 cm³/mol. The number of nitrogens with two attached hydrogens (primary N) is 1. The molecule has 1 rings (SSSR count). The number of thioether (sulfide) groups is 1. The molecule has 1 aliphatic heterocycles. The number of hydrogen-bond acceptors (Lipinski definition) is 2. The van der Waals surface area contributed by atoms with Crippen molar-refractivity contribution in [3.05, 3.63) is 0 Å². The number of nitrogens with zero attached hydrogens (tertiary/aromatic N) is 1. The molecule has 2 N–H and O–H groups in total. The highest BCUT2D eigenvalue weighted by Gasteiger charge is 2.29. The van der Waals surface area contributed by atoms with Gasteiger partial charge in [-0.05, 0) is 25.5 Å². The molecule has 0 radical (unpaired) electrons. The molecule has 0 amide bonds. The molecule has 0 aliphatic carbocycles. The maximum absolute atomic E-state index is 5.93. The lowest BCUT2D eigenvalue weighted by molar-refractivity contribution is 0.568. The summed E-state index contributed by atoms with van der Waals surface area (Å²) in [6, 6.07) is 0. The lowest BCUT2D eigenvalue weighted by atomic mass is 9.95. The molecule has 82 valence electrons. The van der Waals surface area contributed by atoms with Crippen LogP contribution < -0.4 is 5.73 Å². The Kier molecular flexibility index (Phi) is 3.51. The normalized spacial score (nSPS) is 29.6. The van der Waals surface area contributed by atoms with Gasteiger partial charge in [0.05, 0.1) is 12.4 Å². The monoisotopic (exact) mass is 214 g/mol. The van der Waals surface area contributed by atoms with Crippen molar-refractivity contribution in [1.29, 1.82) is 0 Å². The first-order chi connectivity index (χ1) is 6.33. The molecular formula is C11H22N2S. The van der Waals surface area contributed by atoms with Crippen LogP contribution in [0.3, 0.4) is 0 Å². The Morgan fingerprint density at radius 1 is 1.50 bits per heavy atom. The van der Waals surface area contributed by atoms with Crippen LogP contribution >= 0.6 is 11.8 Å². The summed E-state index contributed by atoms with van der Waals surface area (Å²) in [5.41, 5.74) is 5.94. The molecule has 1 unspecified atom stereocenters. The first-order valence-electron chi connectivity index (χ1n) is 5.28. The molecule has 0 aromatic carbocycles. The second-order valence-electron chi connectivity index (χ2n) is 5.35. The van der Waals surface area contributed by atoms with E-state index in [-0.39, 0.29) is 5.41 Å². The van der Waals surface area contributed by atoms with Gasteiger partial charge in [-0.1, -0.05) is 20.8 Å². The fourth-order valence-corrected chi connectivity index (χ4v) is 2.68. The third-order valence-electron chi connectivity index (χ3n) is 2.65. The minimum Gasteiger partial charge on any atom is -0.387 e. The molecule has 0 saturated carbocycles. The van der Waals surface area contributed by atoms with Crippen LogP contribution in [0.4, 0.5) is 0 Å². The van der Waals surface area contributed by atoms with Gasteiger partial charge in [0.2, 0.25) is 0 Å². The van der Waals surface area contributed by atoms with Gasteiger partial charge in [0, 0.05) is 10.2 Å². The molecule has 0 aromatic heterocycles. The van der Waals surface area contributed by atoms with Crippen LogP contribution in [0.1, 0.15) is 40.5 Å². The minimum absolute atomic E-state index is 0.0135. The molecule has 0 aromatic rings. The molecule has 1 saturated heterocycles. The van der Waals surface area contributed by atoms with Gasteiger partial charge >= 0.3 is 0 Å². The van der Waals surface area contributed by atoms with Crippen molar-refractivity contribution in [2.45, 2.75) is 45.3 Å². The molecule has 2 nitrogen and oxygen atoms in total. The van der Waals surface area contributed by atoms with E-state index in [1.54, 1.807) is 0 Å². The molecule has 14 heavy (non-hydrogen) atoms. The highest BCUT2D eigenvalue weighted by Crippen LogP contribution is 2.37. The molecular weight excluding hydrogens is 192 g/mol. The first kappa shape index (κ1) is 11.9. The first-order valence-corrected chi connectivity index (χ1v) is 6.26. The van der Waals surface area contributed by atoms with Gasteiger partial charge in [-0.2, -0.15) is 11.8 Å². The Bertz CT molecular complexity index is 222. The highest BCUT2D eigenvalue weighted by molar-refractivity contribution is 8.00. The molecule has 0 bridgehead atoms. The van der Waals surface area contributed by atoms with Crippen LogP contribution in [0.25, 0.3) is 0 Å². The quantitative estimate of drug-likeness (QED) is 0.567. The van der Waals surface area contributed by atoms with Crippen LogP contribution in [0.5, 0.6) is 0 Å². The van der Waals surface area contributed by atoms with Crippen LogP contribution in [0, 0.1) is 5.41 Å². The second kappa shape index (κ2) is 4.13. The summed E-state index contributed by atoms with van der Waals surface area (Å²) in [4.78, 5) is 4.52. The molecule has 0 spiro atoms. The van der Waals surface area contributed by atoms with E-state index in [1.807, 2.05) is 11.8 Å². The van der Waals surface area contributed by atoms with Crippen LogP contribution in [-0.2, 0) is 0 Å². The Hall–Kier alpha value is -0.180. The van der Waals surface area contributed by atoms with Crippen molar-refractivity contribution in [3.8, 4) is 0 Å². The van der Waals surface area contributed by atoms with Crippen molar-refractivity contribution in [1.82, 2.24) is 0 Å². The molecule has 1 fully saturated rings. The average Bonchev–Trinajstić information content (AvgIpc) is 2.47. The van der Waals surface area contributed by atoms with E-state index >= 15 is 0 Å². The topological polar surface area (TPSA) is 38.4 Å². The SMILES string of the molecule is CC1(CN=C(N)C(C)(C)C)CCCS1. The lowest BCUT2D eigenvalue weighted by Crippen LogP contribution is -2.31. The summed E-state index contributed by atoms with van der Waals surface area (Å²) < 4.78 is 0.343. The molecule has 1 aliphatic rings. The summed E-state index contributed by atoms with van der Waals surface area (Å²) in [5, 5.41) is 0. The third kappa shape index (κ3) is 3.19. The second-order valence-corrected chi connectivity index (χ2v) is 7.04. The van der Waals surface area contributed by atoms with Crippen molar-refractivity contribution in [3.63, 3.8) is 0 Å². The van der Waals surface area contributed by atoms with Crippen molar-refractivity contribution in [2.24, 2.45) is 16.1 Å². The van der Waals surface area contributed by atoms with E-state index in [1.165, 1.54) is 18.6 Å². The van der Waals surface area contributed by atoms with E-state index in [9.17, 15) is 0 Å². The van der Waals surface area contributed by atoms with Crippen LogP contribution in [-0.4, -0.2) is 22.9 Å². The van der Waals surface area contributed by atoms with Gasteiger partial charge < -0.3 is 5.73 Å². The van der Waals surface area contributed by atoms with Crippen LogP contribution in [0.15, 0.2) is 4.99 Å². The Morgan fingerprint density at radius 2 is 2.14 bits per heavy atom. The zero-order valence-electron chi connectivity index (χ0n) is 9.76. The zero-order chi connectivity index (χ0) is 10.8. The van der Waals surface area contributed by atoms with Gasteiger partial charge in [0.1, 0.15) is 0 Å². The number of aliphatic imine (C=N–C) groups is 1. The van der Waals surface area contributed by atoms with E-state index in [2.05, 4.69) is 32.7 Å².